The maximum absolute atomic E-state index is 11.7. The Hall–Kier alpha value is -1.10. The van der Waals surface area contributed by atoms with Crippen LogP contribution in [-0.2, 0) is 11.3 Å². The van der Waals surface area contributed by atoms with E-state index in [1.54, 1.807) is 4.57 Å². The highest BCUT2D eigenvalue weighted by atomic mass is 32.1. The number of amides is 1. The van der Waals surface area contributed by atoms with Gasteiger partial charge in [0.15, 0.2) is 0 Å². The smallest absolute Gasteiger partial charge is 0.307 e. The van der Waals surface area contributed by atoms with Gasteiger partial charge in [-0.1, -0.05) is 38.0 Å². The minimum atomic E-state index is 0.0648. The summed E-state index contributed by atoms with van der Waals surface area (Å²) in [5.74, 6) is 0.665. The molecule has 4 nitrogen and oxygen atoms in total. The van der Waals surface area contributed by atoms with Crippen molar-refractivity contribution in [2.45, 2.75) is 53.0 Å². The van der Waals surface area contributed by atoms with Crippen molar-refractivity contribution in [3.8, 4) is 0 Å². The fourth-order valence-electron chi connectivity index (χ4n) is 2.00. The van der Waals surface area contributed by atoms with Gasteiger partial charge in [0.25, 0.3) is 0 Å². The number of nitrogens with zero attached hydrogens (tertiary/aromatic N) is 1. The summed E-state index contributed by atoms with van der Waals surface area (Å²) in [5, 5.41) is 4.83. The third-order valence-corrected chi connectivity index (χ3v) is 4.39. The maximum Gasteiger partial charge on any atom is 0.307 e. The van der Waals surface area contributed by atoms with Crippen LogP contribution in [0.25, 0.3) is 0 Å². The molecule has 0 saturated heterocycles. The summed E-state index contributed by atoms with van der Waals surface area (Å²) in [7, 11) is 0. The average molecular weight is 284 g/mol. The maximum atomic E-state index is 11.7. The highest BCUT2D eigenvalue weighted by molar-refractivity contribution is 7.07. The van der Waals surface area contributed by atoms with Gasteiger partial charge in [0.1, 0.15) is 0 Å². The zero-order valence-corrected chi connectivity index (χ0v) is 12.9. The Morgan fingerprint density at radius 3 is 2.63 bits per heavy atom. The molecular weight excluding hydrogens is 260 g/mol. The molecule has 0 aliphatic heterocycles. The number of thiazole rings is 1. The van der Waals surface area contributed by atoms with Gasteiger partial charge in [0.05, 0.1) is 0 Å². The summed E-state index contributed by atoms with van der Waals surface area (Å²) in [6.45, 7) is 7.61. The molecule has 1 aromatic rings. The van der Waals surface area contributed by atoms with E-state index in [0.29, 0.717) is 25.3 Å². The predicted octanol–water partition coefficient (Wildman–Crippen LogP) is 2.55. The van der Waals surface area contributed by atoms with Crippen molar-refractivity contribution in [3.05, 3.63) is 20.7 Å². The van der Waals surface area contributed by atoms with Crippen molar-refractivity contribution in [1.82, 2.24) is 9.88 Å². The molecule has 1 heterocycles. The summed E-state index contributed by atoms with van der Waals surface area (Å²) >= 11 is 1.22. The van der Waals surface area contributed by atoms with Crippen molar-refractivity contribution in [1.29, 1.82) is 0 Å². The van der Waals surface area contributed by atoms with Gasteiger partial charge in [-0.05, 0) is 19.3 Å². The van der Waals surface area contributed by atoms with Crippen molar-refractivity contribution in [3.63, 3.8) is 0 Å². The second-order valence-electron chi connectivity index (χ2n) is 4.88. The van der Waals surface area contributed by atoms with E-state index in [2.05, 4.69) is 19.2 Å². The summed E-state index contributed by atoms with van der Waals surface area (Å²) in [4.78, 5) is 23.2. The Balaban J connectivity index is 2.26. The first kappa shape index (κ1) is 16.0. The van der Waals surface area contributed by atoms with E-state index >= 15 is 0 Å². The third-order valence-electron chi connectivity index (χ3n) is 3.50. The third kappa shape index (κ3) is 5.19. The number of rotatable bonds is 8. The highest BCUT2D eigenvalue weighted by Gasteiger charge is 2.07. The zero-order valence-electron chi connectivity index (χ0n) is 12.1. The van der Waals surface area contributed by atoms with Crippen LogP contribution in [0.15, 0.2) is 10.2 Å². The molecule has 1 aromatic heterocycles. The number of aromatic nitrogens is 1. The molecule has 0 aliphatic rings. The van der Waals surface area contributed by atoms with E-state index in [1.807, 2.05) is 12.3 Å². The summed E-state index contributed by atoms with van der Waals surface area (Å²) in [6, 6.07) is 0. The molecule has 0 aromatic carbocycles. The molecule has 0 aliphatic carbocycles. The normalized spacial score (nSPS) is 10.9. The lowest BCUT2D eigenvalue weighted by molar-refractivity contribution is -0.121. The van der Waals surface area contributed by atoms with E-state index in [1.165, 1.54) is 11.3 Å². The number of hydrogen-bond donors (Lipinski definition) is 1. The highest BCUT2D eigenvalue weighted by Crippen LogP contribution is 2.06. The lowest BCUT2D eigenvalue weighted by Gasteiger charge is -2.13. The van der Waals surface area contributed by atoms with Crippen LogP contribution in [0, 0.1) is 12.8 Å². The zero-order chi connectivity index (χ0) is 14.3. The van der Waals surface area contributed by atoms with Crippen molar-refractivity contribution < 1.29 is 4.79 Å². The van der Waals surface area contributed by atoms with Crippen LogP contribution in [0.1, 0.15) is 45.2 Å². The van der Waals surface area contributed by atoms with Crippen LogP contribution in [0.3, 0.4) is 0 Å². The van der Waals surface area contributed by atoms with Gasteiger partial charge in [-0.25, -0.2) is 0 Å². The second-order valence-corrected chi connectivity index (χ2v) is 5.71. The van der Waals surface area contributed by atoms with Gasteiger partial charge in [0, 0.05) is 30.6 Å². The molecule has 1 amide bonds. The molecular formula is C14H24N2O2S. The van der Waals surface area contributed by atoms with Crippen LogP contribution < -0.4 is 10.2 Å². The number of hydrogen-bond acceptors (Lipinski definition) is 3. The Morgan fingerprint density at radius 1 is 1.42 bits per heavy atom. The topological polar surface area (TPSA) is 51.1 Å². The van der Waals surface area contributed by atoms with Crippen LogP contribution in [0.2, 0.25) is 0 Å². The van der Waals surface area contributed by atoms with Crippen LogP contribution in [0.4, 0.5) is 0 Å². The lowest BCUT2D eigenvalue weighted by atomic mass is 10.0. The van der Waals surface area contributed by atoms with Crippen LogP contribution in [0.5, 0.6) is 0 Å². The molecule has 0 bridgehead atoms. The van der Waals surface area contributed by atoms with Crippen molar-refractivity contribution in [2.75, 3.05) is 6.54 Å². The molecule has 108 valence electrons. The summed E-state index contributed by atoms with van der Waals surface area (Å²) in [5.41, 5.74) is 0.979. The molecule has 1 N–H and O–H groups in total. The molecule has 0 unspecified atom stereocenters. The Kier molecular flexibility index (Phi) is 6.84. The fraction of sp³-hybridized carbons (Fsp3) is 0.714. The molecule has 0 spiro atoms. The van der Waals surface area contributed by atoms with Gasteiger partial charge in [-0.15, -0.1) is 0 Å². The first-order valence-electron chi connectivity index (χ1n) is 7.00. The van der Waals surface area contributed by atoms with Gasteiger partial charge in [-0.2, -0.15) is 0 Å². The minimum Gasteiger partial charge on any atom is -0.356 e. The van der Waals surface area contributed by atoms with E-state index in [0.717, 1.165) is 25.1 Å². The first-order chi connectivity index (χ1) is 9.08. The summed E-state index contributed by atoms with van der Waals surface area (Å²) < 4.78 is 1.73. The van der Waals surface area contributed by atoms with Gasteiger partial charge < -0.3 is 9.88 Å². The molecule has 0 fully saturated rings. The molecule has 0 atom stereocenters. The molecule has 5 heteroatoms. The number of nitrogens with one attached hydrogen (secondary N) is 1. The second kappa shape index (κ2) is 8.15. The van der Waals surface area contributed by atoms with Crippen molar-refractivity contribution in [2.24, 2.45) is 5.92 Å². The van der Waals surface area contributed by atoms with E-state index < -0.39 is 0 Å². The van der Waals surface area contributed by atoms with Crippen molar-refractivity contribution >= 4 is 17.2 Å². The Labute approximate surface area is 118 Å². The van der Waals surface area contributed by atoms with E-state index in [9.17, 15) is 9.59 Å². The fourth-order valence-corrected chi connectivity index (χ4v) is 2.76. The lowest BCUT2D eigenvalue weighted by Crippen LogP contribution is -2.29. The number of carbonyl (C=O) groups is 1. The first-order valence-corrected chi connectivity index (χ1v) is 7.88. The van der Waals surface area contributed by atoms with E-state index in [-0.39, 0.29) is 10.8 Å². The SMILES string of the molecule is CCC(CC)CNC(=O)CCCn1c(C)csc1=O. The molecule has 1 rings (SSSR count). The average Bonchev–Trinajstić information content (AvgIpc) is 2.71. The molecule has 0 saturated carbocycles. The summed E-state index contributed by atoms with van der Waals surface area (Å²) in [6.07, 6.45) is 3.40. The predicted molar refractivity (Wildman–Crippen MR) is 79.6 cm³/mol. The largest absolute Gasteiger partial charge is 0.356 e. The van der Waals surface area contributed by atoms with Crippen LogP contribution in [-0.4, -0.2) is 17.0 Å². The Bertz CT molecular complexity index is 447. The molecule has 0 radical (unpaired) electrons. The van der Waals surface area contributed by atoms with Crippen LogP contribution >= 0.6 is 11.3 Å². The molecule has 19 heavy (non-hydrogen) atoms. The van der Waals surface area contributed by atoms with E-state index in [4.69, 9.17) is 0 Å². The standard InChI is InChI=1S/C14H24N2O2S/c1-4-12(5-2)9-15-13(17)7-6-8-16-11(3)10-19-14(16)18/h10,12H,4-9H2,1-3H3,(H,15,17). The van der Waals surface area contributed by atoms with Gasteiger partial charge in [0.2, 0.25) is 5.91 Å². The van der Waals surface area contributed by atoms with Gasteiger partial charge >= 0.3 is 4.87 Å². The number of aryl methyl sites for hydroxylation is 1. The minimum absolute atomic E-state index is 0.0648. The van der Waals surface area contributed by atoms with Gasteiger partial charge in [-0.3, -0.25) is 9.59 Å². The quantitative estimate of drug-likeness (QED) is 0.797. The number of carbonyl (C=O) groups excluding carboxylic acids is 1. The Morgan fingerprint density at radius 2 is 2.11 bits per heavy atom. The monoisotopic (exact) mass is 284 g/mol.